The summed E-state index contributed by atoms with van der Waals surface area (Å²) in [6, 6.07) is 8.94. The first-order valence-corrected chi connectivity index (χ1v) is 9.63. The van der Waals surface area contributed by atoms with E-state index in [1.165, 1.54) is 5.56 Å². The molecule has 1 aliphatic carbocycles. The number of ether oxygens (including phenoxy) is 1. The van der Waals surface area contributed by atoms with Crippen molar-refractivity contribution in [2.45, 2.75) is 44.2 Å². The number of benzene rings is 1. The van der Waals surface area contributed by atoms with Crippen LogP contribution in [0.1, 0.15) is 37.7 Å². The van der Waals surface area contributed by atoms with Gasteiger partial charge in [-0.25, -0.2) is 9.79 Å². The van der Waals surface area contributed by atoms with Crippen molar-refractivity contribution in [3.8, 4) is 0 Å². The van der Waals surface area contributed by atoms with Gasteiger partial charge in [0, 0.05) is 29.5 Å². The summed E-state index contributed by atoms with van der Waals surface area (Å²) in [5.41, 5.74) is 7.39. The summed E-state index contributed by atoms with van der Waals surface area (Å²) >= 11 is 3.46. The van der Waals surface area contributed by atoms with E-state index in [1.807, 2.05) is 6.92 Å². The predicted octanol–water partition coefficient (Wildman–Crippen LogP) is 2.83. The van der Waals surface area contributed by atoms with Gasteiger partial charge < -0.3 is 20.7 Å². The molecule has 0 spiro atoms. The number of piperidine rings is 1. The lowest BCUT2D eigenvalue weighted by molar-refractivity contribution is 0.0963. The molecule has 1 aliphatic heterocycles. The third-order valence-electron chi connectivity index (χ3n) is 4.73. The Hall–Kier alpha value is -1.76. The Morgan fingerprint density at radius 3 is 2.68 bits per heavy atom. The largest absolute Gasteiger partial charge is 0.450 e. The number of nitrogens with one attached hydrogen (secondary N) is 1. The van der Waals surface area contributed by atoms with Crippen LogP contribution in [-0.2, 0) is 4.74 Å². The number of guanidine groups is 1. The Kier molecular flexibility index (Phi) is 5.83. The SMILES string of the molecule is CCOC(=O)N1CCC(NC(N)=NC2CC2c2ccc(Br)cc2)CC1. The molecule has 1 amide bonds. The van der Waals surface area contributed by atoms with Gasteiger partial charge in [-0.15, -0.1) is 0 Å². The third-order valence-corrected chi connectivity index (χ3v) is 5.26. The Bertz CT molecular complexity index is 626. The number of hydrogen-bond acceptors (Lipinski definition) is 3. The minimum absolute atomic E-state index is 0.224. The highest BCUT2D eigenvalue weighted by atomic mass is 79.9. The van der Waals surface area contributed by atoms with Crippen LogP contribution in [0.3, 0.4) is 0 Å². The molecule has 3 N–H and O–H groups in total. The number of carbonyl (C=O) groups is 1. The fourth-order valence-corrected chi connectivity index (χ4v) is 3.50. The van der Waals surface area contributed by atoms with Gasteiger partial charge in [-0.2, -0.15) is 0 Å². The van der Waals surface area contributed by atoms with Crippen LogP contribution in [0.25, 0.3) is 0 Å². The molecule has 2 fully saturated rings. The molecule has 2 aliphatic rings. The molecule has 7 heteroatoms. The first-order chi connectivity index (χ1) is 12.1. The molecule has 1 aromatic carbocycles. The molecule has 2 atom stereocenters. The molecular formula is C18H25BrN4O2. The zero-order chi connectivity index (χ0) is 17.8. The van der Waals surface area contributed by atoms with E-state index in [2.05, 4.69) is 50.5 Å². The maximum absolute atomic E-state index is 11.7. The second kappa shape index (κ2) is 8.08. The summed E-state index contributed by atoms with van der Waals surface area (Å²) in [7, 11) is 0. The predicted molar refractivity (Wildman–Crippen MR) is 102 cm³/mol. The van der Waals surface area contributed by atoms with Crippen molar-refractivity contribution in [1.29, 1.82) is 0 Å². The number of nitrogens with zero attached hydrogens (tertiary/aromatic N) is 2. The average Bonchev–Trinajstić information content (AvgIpc) is 3.35. The van der Waals surface area contributed by atoms with Gasteiger partial charge >= 0.3 is 6.09 Å². The highest BCUT2D eigenvalue weighted by molar-refractivity contribution is 9.10. The van der Waals surface area contributed by atoms with Crippen LogP contribution < -0.4 is 11.1 Å². The molecule has 0 aromatic heterocycles. The third kappa shape index (κ3) is 4.87. The van der Waals surface area contributed by atoms with Gasteiger partial charge in [-0.05, 0) is 43.9 Å². The summed E-state index contributed by atoms with van der Waals surface area (Å²) in [4.78, 5) is 18.1. The first kappa shape index (κ1) is 18.0. The minimum atomic E-state index is -0.224. The quantitative estimate of drug-likeness (QED) is 0.592. The van der Waals surface area contributed by atoms with Crippen LogP contribution in [0.5, 0.6) is 0 Å². The van der Waals surface area contributed by atoms with E-state index in [9.17, 15) is 4.79 Å². The molecular weight excluding hydrogens is 384 g/mol. The van der Waals surface area contributed by atoms with E-state index < -0.39 is 0 Å². The van der Waals surface area contributed by atoms with Gasteiger partial charge in [0.15, 0.2) is 5.96 Å². The van der Waals surface area contributed by atoms with E-state index >= 15 is 0 Å². The average molecular weight is 409 g/mol. The summed E-state index contributed by atoms with van der Waals surface area (Å²) < 4.78 is 6.13. The number of carbonyl (C=O) groups excluding carboxylic acids is 1. The molecule has 25 heavy (non-hydrogen) atoms. The standard InChI is InChI=1S/C18H25BrN4O2/c1-2-25-18(24)23-9-7-14(8-10-23)21-17(20)22-16-11-15(16)12-3-5-13(19)6-4-12/h3-6,14-16H,2,7-11H2,1H3,(H3,20,21,22). The van der Waals surface area contributed by atoms with Gasteiger partial charge in [0.25, 0.3) is 0 Å². The van der Waals surface area contributed by atoms with Crippen molar-refractivity contribution in [2.75, 3.05) is 19.7 Å². The zero-order valence-corrected chi connectivity index (χ0v) is 16.0. The maximum atomic E-state index is 11.7. The van der Waals surface area contributed by atoms with Gasteiger partial charge in [0.2, 0.25) is 0 Å². The van der Waals surface area contributed by atoms with Gasteiger partial charge in [-0.3, -0.25) is 0 Å². The molecule has 1 heterocycles. The molecule has 3 rings (SSSR count). The van der Waals surface area contributed by atoms with E-state index in [1.54, 1.807) is 4.90 Å². The van der Waals surface area contributed by atoms with Gasteiger partial charge in [-0.1, -0.05) is 28.1 Å². The number of hydrogen-bond donors (Lipinski definition) is 2. The van der Waals surface area contributed by atoms with Crippen molar-refractivity contribution in [2.24, 2.45) is 10.7 Å². The fourth-order valence-electron chi connectivity index (χ4n) is 3.24. The van der Waals surface area contributed by atoms with Gasteiger partial charge in [0.1, 0.15) is 0 Å². The number of halogens is 1. The smallest absolute Gasteiger partial charge is 0.409 e. The number of amides is 1. The topological polar surface area (TPSA) is 80.0 Å². The molecule has 0 bridgehead atoms. The Labute approximate surface area is 156 Å². The van der Waals surface area contributed by atoms with E-state index in [0.29, 0.717) is 31.6 Å². The molecule has 1 saturated heterocycles. The van der Waals surface area contributed by atoms with Crippen LogP contribution in [0.2, 0.25) is 0 Å². The monoisotopic (exact) mass is 408 g/mol. The minimum Gasteiger partial charge on any atom is -0.450 e. The molecule has 136 valence electrons. The molecule has 6 nitrogen and oxygen atoms in total. The van der Waals surface area contributed by atoms with Crippen molar-refractivity contribution in [1.82, 2.24) is 10.2 Å². The number of nitrogens with two attached hydrogens (primary N) is 1. The fraction of sp³-hybridized carbons (Fsp3) is 0.556. The van der Waals surface area contributed by atoms with Crippen LogP contribution in [-0.4, -0.2) is 48.7 Å². The van der Waals surface area contributed by atoms with Gasteiger partial charge in [0.05, 0.1) is 12.6 Å². The number of likely N-dealkylation sites (tertiary alicyclic amines) is 1. The lowest BCUT2D eigenvalue weighted by atomic mass is 10.1. The highest BCUT2D eigenvalue weighted by Crippen LogP contribution is 2.43. The Morgan fingerprint density at radius 2 is 2.04 bits per heavy atom. The lowest BCUT2D eigenvalue weighted by Gasteiger charge is -2.31. The summed E-state index contributed by atoms with van der Waals surface area (Å²) in [6.45, 7) is 3.61. The Balaban J connectivity index is 1.44. The van der Waals surface area contributed by atoms with Crippen LogP contribution in [0.15, 0.2) is 33.7 Å². The lowest BCUT2D eigenvalue weighted by Crippen LogP contribution is -2.48. The van der Waals surface area contributed by atoms with Crippen molar-refractivity contribution < 1.29 is 9.53 Å². The molecule has 1 aromatic rings. The molecule has 0 radical (unpaired) electrons. The van der Waals surface area contributed by atoms with Crippen LogP contribution in [0, 0.1) is 0 Å². The van der Waals surface area contributed by atoms with E-state index in [-0.39, 0.29) is 18.2 Å². The maximum Gasteiger partial charge on any atom is 0.409 e. The van der Waals surface area contributed by atoms with Crippen molar-refractivity contribution in [3.05, 3.63) is 34.3 Å². The second-order valence-electron chi connectivity index (χ2n) is 6.58. The van der Waals surface area contributed by atoms with Crippen LogP contribution >= 0.6 is 15.9 Å². The Morgan fingerprint density at radius 1 is 1.36 bits per heavy atom. The molecule has 1 saturated carbocycles. The number of rotatable bonds is 4. The summed E-state index contributed by atoms with van der Waals surface area (Å²) in [6.07, 6.45) is 2.54. The van der Waals surface area contributed by atoms with E-state index in [4.69, 9.17) is 10.5 Å². The second-order valence-corrected chi connectivity index (χ2v) is 7.50. The van der Waals surface area contributed by atoms with Crippen LogP contribution in [0.4, 0.5) is 4.79 Å². The van der Waals surface area contributed by atoms with Crippen molar-refractivity contribution in [3.63, 3.8) is 0 Å². The van der Waals surface area contributed by atoms with Crippen molar-refractivity contribution >= 4 is 28.0 Å². The summed E-state index contributed by atoms with van der Waals surface area (Å²) in [5, 5.41) is 3.30. The van der Waals surface area contributed by atoms with E-state index in [0.717, 1.165) is 23.7 Å². The first-order valence-electron chi connectivity index (χ1n) is 8.83. The molecule has 2 unspecified atom stereocenters. The number of aliphatic imine (C=N–C) groups is 1. The normalized spacial score (nSPS) is 24.1. The highest BCUT2D eigenvalue weighted by Gasteiger charge is 2.38. The zero-order valence-electron chi connectivity index (χ0n) is 14.5. The summed E-state index contributed by atoms with van der Waals surface area (Å²) in [5.74, 6) is 0.985.